The highest BCUT2D eigenvalue weighted by Gasteiger charge is 2.31. The van der Waals surface area contributed by atoms with Crippen molar-refractivity contribution in [2.45, 2.75) is 38.9 Å². The van der Waals surface area contributed by atoms with Crippen molar-refractivity contribution in [1.29, 1.82) is 0 Å². The SMILES string of the molecule is CC1CN(C(=O)NCc2ccccc2)CC(C)N1CCc1ccccc1. The van der Waals surface area contributed by atoms with E-state index < -0.39 is 0 Å². The Kier molecular flexibility index (Phi) is 6.29. The number of hydrogen-bond acceptors (Lipinski definition) is 2. The minimum atomic E-state index is 0.0373. The predicted molar refractivity (Wildman–Crippen MR) is 106 cm³/mol. The standard InChI is InChI=1S/C22H29N3O/c1-18-16-24(22(26)23-15-21-11-7-4-8-12-21)17-19(2)25(18)14-13-20-9-5-3-6-10-20/h3-12,18-19H,13-17H2,1-2H3,(H,23,26). The molecule has 0 aliphatic carbocycles. The Hall–Kier alpha value is -2.33. The zero-order valence-corrected chi connectivity index (χ0v) is 15.8. The lowest BCUT2D eigenvalue weighted by molar-refractivity contribution is 0.0562. The van der Waals surface area contributed by atoms with Crippen molar-refractivity contribution in [3.8, 4) is 0 Å². The van der Waals surface area contributed by atoms with Crippen LogP contribution in [0.1, 0.15) is 25.0 Å². The number of nitrogens with zero attached hydrogens (tertiary/aromatic N) is 2. The summed E-state index contributed by atoms with van der Waals surface area (Å²) in [6, 6.07) is 21.4. The van der Waals surface area contributed by atoms with Crippen LogP contribution in [-0.2, 0) is 13.0 Å². The van der Waals surface area contributed by atoms with E-state index in [9.17, 15) is 4.79 Å². The topological polar surface area (TPSA) is 35.6 Å². The molecule has 1 heterocycles. The minimum absolute atomic E-state index is 0.0373. The molecule has 2 amide bonds. The van der Waals surface area contributed by atoms with E-state index in [-0.39, 0.29) is 6.03 Å². The maximum Gasteiger partial charge on any atom is 0.317 e. The van der Waals surface area contributed by atoms with Crippen LogP contribution < -0.4 is 5.32 Å². The first-order valence-electron chi connectivity index (χ1n) is 9.50. The second kappa shape index (κ2) is 8.86. The van der Waals surface area contributed by atoms with Crippen LogP contribution in [0, 0.1) is 0 Å². The minimum Gasteiger partial charge on any atom is -0.334 e. The number of benzene rings is 2. The Bertz CT molecular complexity index is 677. The molecule has 138 valence electrons. The summed E-state index contributed by atoms with van der Waals surface area (Å²) in [5.41, 5.74) is 2.50. The summed E-state index contributed by atoms with van der Waals surface area (Å²) in [6.45, 7) is 7.61. The molecule has 2 aromatic rings. The normalized spacial score (nSPS) is 20.8. The summed E-state index contributed by atoms with van der Waals surface area (Å²) in [5, 5.41) is 3.05. The van der Waals surface area contributed by atoms with Crippen LogP contribution in [0.15, 0.2) is 60.7 Å². The van der Waals surface area contributed by atoms with Crippen molar-refractivity contribution in [3.63, 3.8) is 0 Å². The molecule has 0 radical (unpaired) electrons. The molecule has 2 aromatic carbocycles. The Morgan fingerprint density at radius 3 is 2.04 bits per heavy atom. The van der Waals surface area contributed by atoms with Crippen molar-refractivity contribution >= 4 is 6.03 Å². The average Bonchev–Trinajstić information content (AvgIpc) is 2.67. The molecule has 1 saturated heterocycles. The van der Waals surface area contributed by atoms with Gasteiger partial charge in [0.25, 0.3) is 0 Å². The number of piperazine rings is 1. The van der Waals surface area contributed by atoms with Crippen molar-refractivity contribution in [3.05, 3.63) is 71.8 Å². The molecule has 0 spiro atoms. The molecule has 4 nitrogen and oxygen atoms in total. The number of rotatable bonds is 5. The van der Waals surface area contributed by atoms with Crippen molar-refractivity contribution in [1.82, 2.24) is 15.1 Å². The number of nitrogens with one attached hydrogen (secondary N) is 1. The van der Waals surface area contributed by atoms with Gasteiger partial charge < -0.3 is 10.2 Å². The maximum atomic E-state index is 12.5. The smallest absolute Gasteiger partial charge is 0.317 e. The molecule has 0 saturated carbocycles. The zero-order chi connectivity index (χ0) is 18.4. The fraction of sp³-hybridized carbons (Fsp3) is 0.409. The van der Waals surface area contributed by atoms with E-state index in [1.807, 2.05) is 35.2 Å². The fourth-order valence-corrected chi connectivity index (χ4v) is 3.75. The van der Waals surface area contributed by atoms with E-state index in [4.69, 9.17) is 0 Å². The van der Waals surface area contributed by atoms with Crippen LogP contribution in [0.2, 0.25) is 0 Å². The number of hydrogen-bond donors (Lipinski definition) is 1. The van der Waals surface area contributed by atoms with Crippen LogP contribution in [0.4, 0.5) is 4.79 Å². The summed E-state index contributed by atoms with van der Waals surface area (Å²) in [5.74, 6) is 0. The Balaban J connectivity index is 1.50. The third-order valence-electron chi connectivity index (χ3n) is 5.18. The second-order valence-corrected chi connectivity index (χ2v) is 7.22. The lowest BCUT2D eigenvalue weighted by Gasteiger charge is -2.44. The Labute approximate surface area is 156 Å². The average molecular weight is 351 g/mol. The number of urea groups is 1. The van der Waals surface area contributed by atoms with Crippen LogP contribution in [0.3, 0.4) is 0 Å². The monoisotopic (exact) mass is 351 g/mol. The molecule has 26 heavy (non-hydrogen) atoms. The van der Waals surface area contributed by atoms with Crippen LogP contribution >= 0.6 is 0 Å². The van der Waals surface area contributed by atoms with Gasteiger partial charge in [0.05, 0.1) is 0 Å². The molecule has 0 bridgehead atoms. The third kappa shape index (κ3) is 4.85. The van der Waals surface area contributed by atoms with Crippen LogP contribution in [0.5, 0.6) is 0 Å². The van der Waals surface area contributed by atoms with Crippen molar-refractivity contribution in [2.24, 2.45) is 0 Å². The molecule has 1 fully saturated rings. The zero-order valence-electron chi connectivity index (χ0n) is 15.8. The highest BCUT2D eigenvalue weighted by atomic mass is 16.2. The first kappa shape index (κ1) is 18.5. The molecule has 1 aliphatic rings. The lowest BCUT2D eigenvalue weighted by atomic mass is 10.1. The highest BCUT2D eigenvalue weighted by molar-refractivity contribution is 5.74. The van der Waals surface area contributed by atoms with Crippen LogP contribution in [-0.4, -0.2) is 47.5 Å². The van der Waals surface area contributed by atoms with Gasteiger partial charge in [0, 0.05) is 38.3 Å². The van der Waals surface area contributed by atoms with E-state index in [1.165, 1.54) is 5.56 Å². The summed E-state index contributed by atoms with van der Waals surface area (Å²) < 4.78 is 0. The molecule has 1 N–H and O–H groups in total. The van der Waals surface area contributed by atoms with Gasteiger partial charge in [-0.2, -0.15) is 0 Å². The number of carbonyl (C=O) groups is 1. The summed E-state index contributed by atoms with van der Waals surface area (Å²) in [6.07, 6.45) is 1.05. The van der Waals surface area contributed by atoms with E-state index in [1.54, 1.807) is 0 Å². The molecule has 2 atom stereocenters. The lowest BCUT2D eigenvalue weighted by Crippen LogP contribution is -2.59. The van der Waals surface area contributed by atoms with Gasteiger partial charge in [-0.15, -0.1) is 0 Å². The largest absolute Gasteiger partial charge is 0.334 e. The van der Waals surface area contributed by atoms with Crippen molar-refractivity contribution < 1.29 is 4.79 Å². The molecular formula is C22H29N3O. The first-order valence-corrected chi connectivity index (χ1v) is 9.50. The quantitative estimate of drug-likeness (QED) is 0.894. The maximum absolute atomic E-state index is 12.5. The summed E-state index contributed by atoms with van der Waals surface area (Å²) in [4.78, 5) is 17.0. The van der Waals surface area contributed by atoms with E-state index in [0.29, 0.717) is 18.6 Å². The van der Waals surface area contributed by atoms with E-state index in [0.717, 1.165) is 31.6 Å². The molecule has 3 rings (SSSR count). The second-order valence-electron chi connectivity index (χ2n) is 7.22. The van der Waals surface area contributed by atoms with Gasteiger partial charge in [-0.05, 0) is 31.4 Å². The van der Waals surface area contributed by atoms with Crippen molar-refractivity contribution in [2.75, 3.05) is 19.6 Å². The van der Waals surface area contributed by atoms with Gasteiger partial charge in [-0.3, -0.25) is 4.90 Å². The molecular weight excluding hydrogens is 322 g/mol. The van der Waals surface area contributed by atoms with Gasteiger partial charge in [-0.1, -0.05) is 60.7 Å². The molecule has 0 aromatic heterocycles. The van der Waals surface area contributed by atoms with Gasteiger partial charge >= 0.3 is 6.03 Å². The highest BCUT2D eigenvalue weighted by Crippen LogP contribution is 2.17. The van der Waals surface area contributed by atoms with E-state index in [2.05, 4.69) is 54.4 Å². The van der Waals surface area contributed by atoms with Gasteiger partial charge in [-0.25, -0.2) is 4.79 Å². The van der Waals surface area contributed by atoms with Gasteiger partial charge in [0.1, 0.15) is 0 Å². The Morgan fingerprint density at radius 2 is 1.46 bits per heavy atom. The first-order chi connectivity index (χ1) is 12.6. The van der Waals surface area contributed by atoms with Gasteiger partial charge in [0.2, 0.25) is 0 Å². The Morgan fingerprint density at radius 1 is 0.923 bits per heavy atom. The summed E-state index contributed by atoms with van der Waals surface area (Å²) >= 11 is 0. The van der Waals surface area contributed by atoms with Crippen LogP contribution in [0.25, 0.3) is 0 Å². The van der Waals surface area contributed by atoms with Gasteiger partial charge in [0.15, 0.2) is 0 Å². The molecule has 4 heteroatoms. The molecule has 1 aliphatic heterocycles. The third-order valence-corrected chi connectivity index (χ3v) is 5.18. The van der Waals surface area contributed by atoms with E-state index >= 15 is 0 Å². The number of carbonyl (C=O) groups excluding carboxylic acids is 1. The summed E-state index contributed by atoms with van der Waals surface area (Å²) in [7, 11) is 0. The fourth-order valence-electron chi connectivity index (χ4n) is 3.75. The number of amides is 2. The molecule has 2 unspecified atom stereocenters. The predicted octanol–water partition coefficient (Wildman–Crippen LogP) is 3.53.